The molecule has 0 heterocycles. The van der Waals surface area contributed by atoms with Gasteiger partial charge in [-0.15, -0.1) is 11.8 Å². The SMILES string of the molecule is CCC(S/C(C#N)=C(\C)Cc1cc(C)c(N)cc1C)c1ccc2c(c1)CCCC2. The van der Waals surface area contributed by atoms with Crippen LogP contribution >= 0.6 is 11.8 Å². The highest BCUT2D eigenvalue weighted by Gasteiger charge is 2.18. The number of aryl methyl sites for hydroxylation is 4. The molecule has 0 bridgehead atoms. The molecule has 0 fully saturated rings. The van der Waals surface area contributed by atoms with Crippen molar-refractivity contribution in [3.63, 3.8) is 0 Å². The number of rotatable bonds is 6. The lowest BCUT2D eigenvalue weighted by Crippen LogP contribution is -2.04. The lowest BCUT2D eigenvalue weighted by atomic mass is 9.90. The standard InChI is InChI=1S/C26H32N2S/c1-5-25(22-11-10-20-8-6-7-9-21(20)15-22)29-26(16-27)19(4)13-23-12-18(3)24(28)14-17(23)2/h10-12,14-15,25H,5-9,13,28H2,1-4H3/b26-19+. The van der Waals surface area contributed by atoms with E-state index in [0.29, 0.717) is 5.25 Å². The van der Waals surface area contributed by atoms with Crippen LogP contribution in [-0.2, 0) is 19.3 Å². The number of allylic oxidation sites excluding steroid dienone is 2. The van der Waals surface area contributed by atoms with Crippen LogP contribution in [0.5, 0.6) is 0 Å². The van der Waals surface area contributed by atoms with Crippen molar-refractivity contribution in [1.29, 1.82) is 5.26 Å². The summed E-state index contributed by atoms with van der Waals surface area (Å²) in [7, 11) is 0. The van der Waals surface area contributed by atoms with Gasteiger partial charge in [-0.25, -0.2) is 0 Å². The number of nitrogen functional groups attached to an aromatic ring is 1. The van der Waals surface area contributed by atoms with Crippen molar-refractivity contribution in [3.8, 4) is 6.07 Å². The van der Waals surface area contributed by atoms with E-state index in [1.54, 1.807) is 11.8 Å². The van der Waals surface area contributed by atoms with Crippen molar-refractivity contribution in [3.05, 3.63) is 74.2 Å². The maximum absolute atomic E-state index is 9.88. The van der Waals surface area contributed by atoms with E-state index in [1.165, 1.54) is 53.5 Å². The zero-order chi connectivity index (χ0) is 21.0. The number of nitrogens with zero attached hydrogens (tertiary/aromatic N) is 1. The van der Waals surface area contributed by atoms with Gasteiger partial charge in [0, 0.05) is 10.9 Å². The number of nitrogens with two attached hydrogens (primary N) is 1. The predicted molar refractivity (Wildman–Crippen MR) is 126 cm³/mol. The smallest absolute Gasteiger partial charge is 0.106 e. The van der Waals surface area contributed by atoms with Crippen LogP contribution in [0.15, 0.2) is 40.8 Å². The largest absolute Gasteiger partial charge is 0.399 e. The number of hydrogen-bond donors (Lipinski definition) is 1. The fourth-order valence-electron chi connectivity index (χ4n) is 4.16. The first-order valence-electron chi connectivity index (χ1n) is 10.7. The Bertz CT molecular complexity index is 965. The molecule has 0 saturated heterocycles. The molecule has 152 valence electrons. The third-order valence-corrected chi connectivity index (χ3v) is 7.61. The Morgan fingerprint density at radius 3 is 2.52 bits per heavy atom. The van der Waals surface area contributed by atoms with Gasteiger partial charge in [0.15, 0.2) is 0 Å². The Labute approximate surface area is 180 Å². The van der Waals surface area contributed by atoms with Gasteiger partial charge >= 0.3 is 0 Å². The zero-order valence-electron chi connectivity index (χ0n) is 18.1. The van der Waals surface area contributed by atoms with Crippen molar-refractivity contribution in [2.75, 3.05) is 5.73 Å². The molecule has 0 aliphatic heterocycles. The molecule has 0 radical (unpaired) electrons. The van der Waals surface area contributed by atoms with E-state index in [9.17, 15) is 5.26 Å². The van der Waals surface area contributed by atoms with Crippen LogP contribution in [0, 0.1) is 25.2 Å². The van der Waals surface area contributed by atoms with Gasteiger partial charge in [-0.2, -0.15) is 5.26 Å². The van der Waals surface area contributed by atoms with Crippen molar-refractivity contribution in [2.45, 2.75) is 71.5 Å². The highest BCUT2D eigenvalue weighted by atomic mass is 32.2. The summed E-state index contributed by atoms with van der Waals surface area (Å²) >= 11 is 1.73. The van der Waals surface area contributed by atoms with Gasteiger partial charge in [-0.05, 0) is 104 Å². The fourth-order valence-corrected chi connectivity index (χ4v) is 5.22. The van der Waals surface area contributed by atoms with Gasteiger partial charge in [-0.3, -0.25) is 0 Å². The van der Waals surface area contributed by atoms with Gasteiger partial charge < -0.3 is 5.73 Å². The number of benzene rings is 2. The molecule has 0 saturated carbocycles. The Hall–Kier alpha value is -2.18. The van der Waals surface area contributed by atoms with E-state index in [4.69, 9.17) is 5.73 Å². The molecule has 2 nitrogen and oxygen atoms in total. The van der Waals surface area contributed by atoms with Crippen LogP contribution in [0.25, 0.3) is 0 Å². The summed E-state index contributed by atoms with van der Waals surface area (Å²) in [6.45, 7) is 8.45. The number of fused-ring (bicyclic) bond motifs is 1. The van der Waals surface area contributed by atoms with Crippen LogP contribution in [0.1, 0.15) is 71.7 Å². The molecule has 1 aliphatic carbocycles. The normalized spacial score (nSPS) is 15.3. The molecule has 1 aliphatic rings. The highest BCUT2D eigenvalue weighted by molar-refractivity contribution is 8.03. The zero-order valence-corrected chi connectivity index (χ0v) is 19.0. The van der Waals surface area contributed by atoms with Crippen LogP contribution in [0.2, 0.25) is 0 Å². The molecule has 2 N–H and O–H groups in total. The first kappa shape index (κ1) is 21.5. The minimum atomic E-state index is 0.320. The first-order chi connectivity index (χ1) is 13.9. The summed E-state index contributed by atoms with van der Waals surface area (Å²) in [5, 5.41) is 10.2. The third-order valence-electron chi connectivity index (χ3n) is 6.04. The number of hydrogen-bond acceptors (Lipinski definition) is 3. The van der Waals surface area contributed by atoms with E-state index >= 15 is 0 Å². The Balaban J connectivity index is 1.83. The number of thioether (sulfide) groups is 1. The summed E-state index contributed by atoms with van der Waals surface area (Å²) in [5.41, 5.74) is 15.9. The maximum Gasteiger partial charge on any atom is 0.106 e. The Morgan fingerprint density at radius 1 is 1.10 bits per heavy atom. The summed E-state index contributed by atoms with van der Waals surface area (Å²) in [5.74, 6) is 0. The lowest BCUT2D eigenvalue weighted by molar-refractivity contribution is 0.683. The monoisotopic (exact) mass is 404 g/mol. The van der Waals surface area contributed by atoms with Crippen LogP contribution < -0.4 is 5.73 Å². The molecule has 2 aromatic carbocycles. The van der Waals surface area contributed by atoms with Gasteiger partial charge in [0.05, 0.1) is 4.91 Å². The second-order valence-electron chi connectivity index (χ2n) is 8.28. The molecule has 3 heteroatoms. The molecular formula is C26H32N2S. The molecule has 0 aromatic heterocycles. The van der Waals surface area contributed by atoms with Crippen molar-refractivity contribution < 1.29 is 0 Å². The Morgan fingerprint density at radius 2 is 1.83 bits per heavy atom. The molecule has 1 atom stereocenters. The average Bonchev–Trinajstić information content (AvgIpc) is 2.72. The van der Waals surface area contributed by atoms with Crippen LogP contribution in [-0.4, -0.2) is 0 Å². The second kappa shape index (κ2) is 9.55. The second-order valence-corrected chi connectivity index (χ2v) is 9.50. The number of nitriles is 1. The molecule has 1 unspecified atom stereocenters. The van der Waals surface area contributed by atoms with Crippen LogP contribution in [0.3, 0.4) is 0 Å². The van der Waals surface area contributed by atoms with Crippen LogP contribution in [0.4, 0.5) is 5.69 Å². The third kappa shape index (κ3) is 5.06. The Kier molecular flexibility index (Phi) is 7.09. The first-order valence-corrected chi connectivity index (χ1v) is 11.5. The van der Waals surface area contributed by atoms with E-state index in [-0.39, 0.29) is 0 Å². The summed E-state index contributed by atoms with van der Waals surface area (Å²) in [6.07, 6.45) is 6.82. The topological polar surface area (TPSA) is 49.8 Å². The maximum atomic E-state index is 9.88. The fraction of sp³-hybridized carbons (Fsp3) is 0.423. The molecular weight excluding hydrogens is 372 g/mol. The average molecular weight is 405 g/mol. The van der Waals surface area contributed by atoms with Gasteiger partial charge in [0.1, 0.15) is 6.07 Å². The van der Waals surface area contributed by atoms with E-state index < -0.39 is 0 Å². The highest BCUT2D eigenvalue weighted by Crippen LogP contribution is 2.40. The summed E-state index contributed by atoms with van der Waals surface area (Å²) in [4.78, 5) is 0.850. The van der Waals surface area contributed by atoms with Crippen molar-refractivity contribution in [2.24, 2.45) is 0 Å². The summed E-state index contributed by atoms with van der Waals surface area (Å²) < 4.78 is 0. The van der Waals surface area contributed by atoms with Crippen molar-refractivity contribution >= 4 is 17.4 Å². The summed E-state index contributed by atoms with van der Waals surface area (Å²) in [6, 6.07) is 13.7. The van der Waals surface area contributed by atoms with Gasteiger partial charge in [0.2, 0.25) is 0 Å². The molecule has 0 spiro atoms. The number of anilines is 1. The molecule has 29 heavy (non-hydrogen) atoms. The predicted octanol–water partition coefficient (Wildman–Crippen LogP) is 6.99. The van der Waals surface area contributed by atoms with Gasteiger partial charge in [-0.1, -0.05) is 31.2 Å². The van der Waals surface area contributed by atoms with E-state index in [0.717, 1.165) is 34.6 Å². The minimum Gasteiger partial charge on any atom is -0.399 e. The minimum absolute atomic E-state index is 0.320. The van der Waals surface area contributed by atoms with E-state index in [2.05, 4.69) is 51.1 Å². The molecule has 2 aromatic rings. The molecule has 0 amide bonds. The van der Waals surface area contributed by atoms with Crippen molar-refractivity contribution in [1.82, 2.24) is 0 Å². The lowest BCUT2D eigenvalue weighted by Gasteiger charge is -2.21. The van der Waals surface area contributed by atoms with Gasteiger partial charge in [0.25, 0.3) is 0 Å². The quantitative estimate of drug-likeness (QED) is 0.417. The van der Waals surface area contributed by atoms with E-state index in [1.807, 2.05) is 13.0 Å². The molecule has 3 rings (SSSR count).